The SMILES string of the molecule is CCn1nnc(C(COP(=O)(O)O)C(=O)N2CCC(c3ccc(C(F)(F)F)cc3)CC2)n1. The number of hydrogen-bond acceptors (Lipinski definition) is 6. The van der Waals surface area contributed by atoms with Gasteiger partial charge in [-0.25, -0.2) is 4.57 Å². The molecule has 1 aromatic heterocycles. The molecule has 2 N–H and O–H groups in total. The summed E-state index contributed by atoms with van der Waals surface area (Å²) in [5.41, 5.74) is 0.0495. The van der Waals surface area contributed by atoms with Gasteiger partial charge in [0.1, 0.15) is 5.92 Å². The van der Waals surface area contributed by atoms with Crippen LogP contribution < -0.4 is 0 Å². The number of piperidine rings is 1. The molecule has 1 atom stereocenters. The number of phosphoric ester groups is 1. The molecule has 1 aliphatic rings. The van der Waals surface area contributed by atoms with Gasteiger partial charge in [-0.05, 0) is 48.6 Å². The number of rotatable bonds is 7. The first-order valence-corrected chi connectivity index (χ1v) is 11.4. The summed E-state index contributed by atoms with van der Waals surface area (Å²) in [5.74, 6) is -1.62. The molecule has 1 unspecified atom stereocenters. The van der Waals surface area contributed by atoms with Crippen LogP contribution >= 0.6 is 7.82 Å². The molecule has 1 saturated heterocycles. The number of hydrogen-bond donors (Lipinski definition) is 2. The fraction of sp³-hybridized carbons (Fsp3) is 0.556. The predicted octanol–water partition coefficient (Wildman–Crippen LogP) is 2.31. The van der Waals surface area contributed by atoms with Gasteiger partial charge in [-0.3, -0.25) is 9.32 Å². The van der Waals surface area contributed by atoms with Crippen LogP contribution in [0.3, 0.4) is 0 Å². The average molecular weight is 477 g/mol. The Morgan fingerprint density at radius 3 is 2.38 bits per heavy atom. The lowest BCUT2D eigenvalue weighted by Crippen LogP contribution is -2.42. The highest BCUT2D eigenvalue weighted by Gasteiger charge is 2.35. The third kappa shape index (κ3) is 6.12. The molecule has 0 bridgehead atoms. The summed E-state index contributed by atoms with van der Waals surface area (Å²) in [6, 6.07) is 5.00. The van der Waals surface area contributed by atoms with Gasteiger partial charge in [-0.1, -0.05) is 12.1 Å². The summed E-state index contributed by atoms with van der Waals surface area (Å²) in [6.07, 6.45) is -3.34. The number of nitrogens with zero attached hydrogens (tertiary/aromatic N) is 5. The van der Waals surface area contributed by atoms with Crippen LogP contribution in [-0.2, 0) is 26.6 Å². The van der Waals surface area contributed by atoms with Crippen LogP contribution in [0.5, 0.6) is 0 Å². The van der Waals surface area contributed by atoms with Crippen LogP contribution in [0, 0.1) is 0 Å². The zero-order chi connectivity index (χ0) is 23.5. The summed E-state index contributed by atoms with van der Waals surface area (Å²) < 4.78 is 53.9. The molecule has 176 valence electrons. The van der Waals surface area contributed by atoms with Crippen LogP contribution in [0.4, 0.5) is 13.2 Å². The Morgan fingerprint density at radius 2 is 1.88 bits per heavy atom. The lowest BCUT2D eigenvalue weighted by atomic mass is 9.88. The highest BCUT2D eigenvalue weighted by molar-refractivity contribution is 7.46. The third-order valence-electron chi connectivity index (χ3n) is 5.29. The summed E-state index contributed by atoms with van der Waals surface area (Å²) >= 11 is 0. The molecule has 1 aromatic carbocycles. The van der Waals surface area contributed by atoms with E-state index >= 15 is 0 Å². The quantitative estimate of drug-likeness (QED) is 0.581. The summed E-state index contributed by atoms with van der Waals surface area (Å²) in [6.45, 7) is 2.18. The van der Waals surface area contributed by atoms with Gasteiger partial charge in [0, 0.05) is 13.1 Å². The van der Waals surface area contributed by atoms with Gasteiger partial charge in [-0.2, -0.15) is 18.0 Å². The van der Waals surface area contributed by atoms with Crippen molar-refractivity contribution in [2.24, 2.45) is 0 Å². The normalized spacial score (nSPS) is 16.9. The third-order valence-corrected chi connectivity index (χ3v) is 5.77. The molecule has 2 aromatic rings. The maximum Gasteiger partial charge on any atom is 0.469 e. The number of phosphoric acid groups is 1. The van der Waals surface area contributed by atoms with Gasteiger partial charge in [0.2, 0.25) is 5.91 Å². The number of carbonyl (C=O) groups excluding carboxylic acids is 1. The molecule has 0 saturated carbocycles. The molecule has 0 radical (unpaired) electrons. The van der Waals surface area contributed by atoms with Crippen molar-refractivity contribution in [3.63, 3.8) is 0 Å². The number of amides is 1. The minimum atomic E-state index is -4.82. The van der Waals surface area contributed by atoms with Crippen LogP contribution in [0.1, 0.15) is 48.6 Å². The van der Waals surface area contributed by atoms with Gasteiger partial charge in [0.15, 0.2) is 5.82 Å². The lowest BCUT2D eigenvalue weighted by molar-refractivity contribution is -0.137. The van der Waals surface area contributed by atoms with E-state index in [-0.39, 0.29) is 11.7 Å². The Labute approximate surface area is 181 Å². The summed E-state index contributed by atoms with van der Waals surface area (Å²) in [4.78, 5) is 33.9. The van der Waals surface area contributed by atoms with E-state index in [4.69, 9.17) is 9.79 Å². The molecule has 10 nitrogen and oxygen atoms in total. The van der Waals surface area contributed by atoms with Gasteiger partial charge in [0.05, 0.1) is 18.7 Å². The highest BCUT2D eigenvalue weighted by atomic mass is 31.2. The highest BCUT2D eigenvalue weighted by Crippen LogP contribution is 2.38. The molecular formula is C18H23F3N5O5P. The van der Waals surface area contributed by atoms with E-state index in [1.54, 1.807) is 6.92 Å². The zero-order valence-corrected chi connectivity index (χ0v) is 18.0. The number of halogens is 3. The monoisotopic (exact) mass is 477 g/mol. The first-order chi connectivity index (χ1) is 15.0. The van der Waals surface area contributed by atoms with Crippen molar-refractivity contribution >= 4 is 13.7 Å². The van der Waals surface area contributed by atoms with E-state index in [0.29, 0.717) is 32.5 Å². The van der Waals surface area contributed by atoms with E-state index in [1.165, 1.54) is 21.8 Å². The summed E-state index contributed by atoms with van der Waals surface area (Å²) in [5, 5.41) is 11.6. The second-order valence-electron chi connectivity index (χ2n) is 7.39. The number of aromatic nitrogens is 4. The van der Waals surface area contributed by atoms with Gasteiger partial charge in [-0.15, -0.1) is 10.2 Å². The predicted molar refractivity (Wildman–Crippen MR) is 104 cm³/mol. The van der Waals surface area contributed by atoms with E-state index in [1.807, 2.05) is 0 Å². The Hall–Kier alpha value is -2.34. The number of tetrazole rings is 1. The van der Waals surface area contributed by atoms with Gasteiger partial charge < -0.3 is 14.7 Å². The van der Waals surface area contributed by atoms with E-state index in [0.717, 1.165) is 17.7 Å². The van der Waals surface area contributed by atoms with Crippen LogP contribution in [0.15, 0.2) is 24.3 Å². The Bertz CT molecular complexity index is 970. The second kappa shape index (κ2) is 9.65. The van der Waals surface area contributed by atoms with Crippen LogP contribution in [-0.4, -0.2) is 60.5 Å². The largest absolute Gasteiger partial charge is 0.469 e. The van der Waals surface area contributed by atoms with Crippen molar-refractivity contribution < 1.29 is 36.8 Å². The molecule has 0 spiro atoms. The number of carbonyl (C=O) groups is 1. The second-order valence-corrected chi connectivity index (χ2v) is 8.63. The van der Waals surface area contributed by atoms with Crippen molar-refractivity contribution in [2.75, 3.05) is 19.7 Å². The fourth-order valence-electron chi connectivity index (χ4n) is 3.55. The van der Waals surface area contributed by atoms with Crippen molar-refractivity contribution in [2.45, 2.75) is 44.3 Å². The van der Waals surface area contributed by atoms with Crippen molar-refractivity contribution in [3.8, 4) is 0 Å². The van der Waals surface area contributed by atoms with Gasteiger partial charge in [0.25, 0.3) is 0 Å². The van der Waals surface area contributed by atoms with Crippen LogP contribution in [0.2, 0.25) is 0 Å². The van der Waals surface area contributed by atoms with Crippen molar-refractivity contribution in [3.05, 3.63) is 41.2 Å². The van der Waals surface area contributed by atoms with E-state index in [2.05, 4.69) is 19.9 Å². The first kappa shape index (κ1) is 24.3. The Balaban J connectivity index is 1.67. The first-order valence-electron chi connectivity index (χ1n) is 9.91. The van der Waals surface area contributed by atoms with Gasteiger partial charge >= 0.3 is 14.0 Å². The maximum atomic E-state index is 13.1. The Kier molecular flexibility index (Phi) is 7.33. The molecule has 1 aliphatic heterocycles. The van der Waals surface area contributed by atoms with E-state index < -0.39 is 38.0 Å². The van der Waals surface area contributed by atoms with Crippen molar-refractivity contribution in [1.29, 1.82) is 0 Å². The minimum Gasteiger partial charge on any atom is -0.342 e. The van der Waals surface area contributed by atoms with Crippen molar-refractivity contribution in [1.82, 2.24) is 25.1 Å². The standard InChI is InChI=1S/C18H23F3N5O5P/c1-2-26-23-16(22-24-26)15(11-31-32(28,29)30)17(27)25-9-7-13(8-10-25)12-3-5-14(6-4-12)18(19,20)21/h3-6,13,15H,2,7-11H2,1H3,(H2,28,29,30). The molecule has 2 heterocycles. The molecule has 32 heavy (non-hydrogen) atoms. The zero-order valence-electron chi connectivity index (χ0n) is 17.1. The topological polar surface area (TPSA) is 131 Å². The molecule has 1 fully saturated rings. The smallest absolute Gasteiger partial charge is 0.342 e. The number of benzene rings is 1. The number of aryl methyl sites for hydroxylation is 1. The molecule has 3 rings (SSSR count). The van der Waals surface area contributed by atoms with E-state index in [9.17, 15) is 22.5 Å². The maximum absolute atomic E-state index is 13.1. The lowest BCUT2D eigenvalue weighted by Gasteiger charge is -2.34. The molecule has 14 heteroatoms. The minimum absolute atomic E-state index is 0.00448. The number of likely N-dealkylation sites (tertiary alicyclic amines) is 1. The number of alkyl halides is 3. The molecular weight excluding hydrogens is 454 g/mol. The average Bonchev–Trinajstić information content (AvgIpc) is 3.21. The van der Waals surface area contributed by atoms with Crippen LogP contribution in [0.25, 0.3) is 0 Å². The fourth-order valence-corrected chi connectivity index (χ4v) is 3.90. The Morgan fingerprint density at radius 1 is 1.25 bits per heavy atom. The molecule has 0 aliphatic carbocycles. The molecule has 1 amide bonds. The summed E-state index contributed by atoms with van der Waals surface area (Å²) in [7, 11) is -4.82.